The Hall–Kier alpha value is -2.82. The number of nitrogens with one attached hydrogen (secondary N) is 1. The molecule has 0 fully saturated rings. The molecule has 0 saturated carbocycles. The van der Waals surface area contributed by atoms with Crippen LogP contribution in [0.2, 0.25) is 0 Å². The zero-order valence-corrected chi connectivity index (χ0v) is 19.7. The van der Waals surface area contributed by atoms with Gasteiger partial charge in [-0.2, -0.15) is 0 Å². The molecule has 0 radical (unpaired) electrons. The summed E-state index contributed by atoms with van der Waals surface area (Å²) in [6.45, 7) is 11.1. The van der Waals surface area contributed by atoms with E-state index >= 15 is 0 Å². The first-order valence-electron chi connectivity index (χ1n) is 11.0. The highest BCUT2D eigenvalue weighted by Gasteiger charge is 2.28. The first-order chi connectivity index (χ1) is 14.7. The van der Waals surface area contributed by atoms with E-state index in [1.165, 1.54) is 5.56 Å². The highest BCUT2D eigenvalue weighted by atomic mass is 16.5. The maximum absolute atomic E-state index is 13.4. The molecule has 2 rings (SSSR count). The van der Waals surface area contributed by atoms with Crippen LogP contribution in [0.3, 0.4) is 0 Å². The van der Waals surface area contributed by atoms with Crippen molar-refractivity contribution >= 4 is 11.8 Å². The molecular formula is C26H36N2O3. The second-order valence-corrected chi connectivity index (χ2v) is 8.53. The van der Waals surface area contributed by atoms with Gasteiger partial charge in [-0.25, -0.2) is 0 Å². The lowest BCUT2D eigenvalue weighted by Gasteiger charge is -2.31. The topological polar surface area (TPSA) is 58.6 Å². The van der Waals surface area contributed by atoms with Gasteiger partial charge < -0.3 is 15.0 Å². The van der Waals surface area contributed by atoms with Crippen LogP contribution < -0.4 is 10.1 Å². The quantitative estimate of drug-likeness (QED) is 0.614. The van der Waals surface area contributed by atoms with Gasteiger partial charge in [-0.3, -0.25) is 9.59 Å². The SMILES string of the molecule is CCC(C(=O)NCC(C)C)N(Cc1cccc(OC)c1)C(=O)Cc1ccc(C)c(C)c1. The number of hydrogen-bond acceptors (Lipinski definition) is 3. The third kappa shape index (κ3) is 7.12. The average Bonchev–Trinajstić information content (AvgIpc) is 2.74. The molecule has 31 heavy (non-hydrogen) atoms. The molecule has 1 N–H and O–H groups in total. The normalized spacial score (nSPS) is 11.8. The number of hydrogen-bond donors (Lipinski definition) is 1. The Kier molecular flexibility index (Phi) is 9.10. The number of benzene rings is 2. The molecule has 1 unspecified atom stereocenters. The largest absolute Gasteiger partial charge is 0.497 e. The van der Waals surface area contributed by atoms with Crippen molar-refractivity contribution in [1.82, 2.24) is 10.2 Å². The van der Waals surface area contributed by atoms with Crippen LogP contribution in [0.4, 0.5) is 0 Å². The van der Waals surface area contributed by atoms with Crippen LogP contribution >= 0.6 is 0 Å². The second kappa shape index (κ2) is 11.5. The van der Waals surface area contributed by atoms with Crippen LogP contribution in [0.25, 0.3) is 0 Å². The summed E-state index contributed by atoms with van der Waals surface area (Å²) in [4.78, 5) is 28.1. The van der Waals surface area contributed by atoms with Crippen molar-refractivity contribution in [3.63, 3.8) is 0 Å². The number of ether oxygens (including phenoxy) is 1. The van der Waals surface area contributed by atoms with Gasteiger partial charge in [0.05, 0.1) is 13.5 Å². The number of amides is 2. The van der Waals surface area contributed by atoms with Crippen LogP contribution in [-0.4, -0.2) is 36.4 Å². The Labute approximate surface area is 186 Å². The molecule has 0 aliphatic heterocycles. The monoisotopic (exact) mass is 424 g/mol. The summed E-state index contributed by atoms with van der Waals surface area (Å²) in [7, 11) is 1.62. The lowest BCUT2D eigenvalue weighted by molar-refractivity contribution is -0.141. The summed E-state index contributed by atoms with van der Waals surface area (Å²) < 4.78 is 5.33. The predicted molar refractivity (Wildman–Crippen MR) is 125 cm³/mol. The van der Waals surface area contributed by atoms with Gasteiger partial charge in [-0.1, -0.05) is 51.1 Å². The number of methoxy groups -OCH3 is 1. The molecule has 168 valence electrons. The van der Waals surface area contributed by atoms with Crippen LogP contribution in [0, 0.1) is 19.8 Å². The van der Waals surface area contributed by atoms with E-state index in [4.69, 9.17) is 4.74 Å². The van der Waals surface area contributed by atoms with Gasteiger partial charge in [0.2, 0.25) is 11.8 Å². The molecule has 0 spiro atoms. The summed E-state index contributed by atoms with van der Waals surface area (Å²) in [6.07, 6.45) is 0.811. The smallest absolute Gasteiger partial charge is 0.242 e. The molecule has 5 nitrogen and oxygen atoms in total. The number of carbonyl (C=O) groups is 2. The van der Waals surface area contributed by atoms with Gasteiger partial charge in [-0.15, -0.1) is 0 Å². The van der Waals surface area contributed by atoms with Crippen molar-refractivity contribution in [2.75, 3.05) is 13.7 Å². The van der Waals surface area contributed by atoms with E-state index in [-0.39, 0.29) is 18.2 Å². The number of rotatable bonds is 10. The van der Waals surface area contributed by atoms with E-state index in [0.717, 1.165) is 22.4 Å². The van der Waals surface area contributed by atoms with E-state index in [2.05, 4.69) is 32.2 Å². The highest BCUT2D eigenvalue weighted by molar-refractivity contribution is 5.88. The summed E-state index contributed by atoms with van der Waals surface area (Å²) in [5, 5.41) is 3.00. The van der Waals surface area contributed by atoms with E-state index in [1.54, 1.807) is 12.0 Å². The standard InChI is InChI=1S/C26H36N2O3/c1-7-24(26(30)27-16-18(2)3)28(17-22-9-8-10-23(14-22)31-6)25(29)15-21-12-11-19(4)20(5)13-21/h8-14,18,24H,7,15-17H2,1-6H3,(H,27,30). The van der Waals surface area contributed by atoms with Gasteiger partial charge in [-0.05, 0) is 60.6 Å². The van der Waals surface area contributed by atoms with Crippen LogP contribution in [0.5, 0.6) is 5.75 Å². The molecule has 0 aromatic heterocycles. The van der Waals surface area contributed by atoms with Crippen molar-refractivity contribution in [3.05, 3.63) is 64.7 Å². The highest BCUT2D eigenvalue weighted by Crippen LogP contribution is 2.19. The first-order valence-corrected chi connectivity index (χ1v) is 11.0. The van der Waals surface area contributed by atoms with Crippen molar-refractivity contribution < 1.29 is 14.3 Å². The van der Waals surface area contributed by atoms with Crippen LogP contribution in [-0.2, 0) is 22.6 Å². The lowest BCUT2D eigenvalue weighted by atomic mass is 10.0. The molecule has 5 heteroatoms. The van der Waals surface area contributed by atoms with Crippen molar-refractivity contribution in [1.29, 1.82) is 0 Å². The van der Waals surface area contributed by atoms with Gasteiger partial charge in [0.25, 0.3) is 0 Å². The van der Waals surface area contributed by atoms with Crippen molar-refractivity contribution in [2.24, 2.45) is 5.92 Å². The molecule has 0 bridgehead atoms. The third-order valence-corrected chi connectivity index (χ3v) is 5.48. The average molecular weight is 425 g/mol. The minimum absolute atomic E-state index is 0.0578. The Balaban J connectivity index is 2.30. The Bertz CT molecular complexity index is 892. The maximum atomic E-state index is 13.4. The molecule has 0 aliphatic rings. The van der Waals surface area contributed by atoms with E-state index in [1.807, 2.05) is 50.2 Å². The van der Waals surface area contributed by atoms with E-state index in [9.17, 15) is 9.59 Å². The van der Waals surface area contributed by atoms with E-state index < -0.39 is 6.04 Å². The van der Waals surface area contributed by atoms with Crippen molar-refractivity contribution in [2.45, 2.75) is 60.0 Å². The number of aryl methyl sites for hydroxylation is 2. The second-order valence-electron chi connectivity index (χ2n) is 8.53. The zero-order valence-electron chi connectivity index (χ0n) is 19.7. The summed E-state index contributed by atoms with van der Waals surface area (Å²) in [5.41, 5.74) is 4.25. The Morgan fingerprint density at radius 3 is 2.39 bits per heavy atom. The fourth-order valence-electron chi connectivity index (χ4n) is 3.50. The van der Waals surface area contributed by atoms with Crippen LogP contribution in [0.1, 0.15) is 49.4 Å². The predicted octanol–water partition coefficient (Wildman–Crippen LogP) is 4.43. The van der Waals surface area contributed by atoms with Crippen molar-refractivity contribution in [3.8, 4) is 5.75 Å². The maximum Gasteiger partial charge on any atom is 0.242 e. The zero-order chi connectivity index (χ0) is 23.0. The fraction of sp³-hybridized carbons (Fsp3) is 0.462. The molecule has 2 aromatic carbocycles. The molecule has 0 aliphatic carbocycles. The molecule has 1 atom stereocenters. The minimum Gasteiger partial charge on any atom is -0.497 e. The lowest BCUT2D eigenvalue weighted by Crippen LogP contribution is -2.50. The molecule has 0 saturated heterocycles. The Morgan fingerprint density at radius 2 is 1.77 bits per heavy atom. The minimum atomic E-state index is -0.524. The van der Waals surface area contributed by atoms with Gasteiger partial charge in [0.15, 0.2) is 0 Å². The number of nitrogens with zero attached hydrogens (tertiary/aromatic N) is 1. The number of carbonyl (C=O) groups excluding carboxylic acids is 2. The summed E-state index contributed by atoms with van der Waals surface area (Å²) in [6, 6.07) is 13.2. The molecular weight excluding hydrogens is 388 g/mol. The van der Waals surface area contributed by atoms with Gasteiger partial charge in [0, 0.05) is 13.1 Å². The van der Waals surface area contributed by atoms with Gasteiger partial charge in [0.1, 0.15) is 11.8 Å². The van der Waals surface area contributed by atoms with E-state index in [0.29, 0.717) is 25.4 Å². The summed E-state index contributed by atoms with van der Waals surface area (Å²) in [5.74, 6) is 0.918. The molecule has 2 amide bonds. The Morgan fingerprint density at radius 1 is 1.03 bits per heavy atom. The summed E-state index contributed by atoms with van der Waals surface area (Å²) >= 11 is 0. The first kappa shape index (κ1) is 24.4. The molecule has 2 aromatic rings. The van der Waals surface area contributed by atoms with Gasteiger partial charge >= 0.3 is 0 Å². The van der Waals surface area contributed by atoms with Crippen LogP contribution in [0.15, 0.2) is 42.5 Å². The molecule has 0 heterocycles. The third-order valence-electron chi connectivity index (χ3n) is 5.48. The fourth-order valence-corrected chi connectivity index (χ4v) is 3.50.